The van der Waals surface area contributed by atoms with Crippen molar-refractivity contribution in [1.29, 1.82) is 0 Å². The van der Waals surface area contributed by atoms with Gasteiger partial charge in [0.05, 0.1) is 6.10 Å². The molecule has 0 aromatic carbocycles. The van der Waals surface area contributed by atoms with Crippen molar-refractivity contribution in [2.45, 2.75) is 53.1 Å². The van der Waals surface area contributed by atoms with Crippen molar-refractivity contribution in [1.82, 2.24) is 9.97 Å². The Labute approximate surface area is 115 Å². The lowest BCUT2D eigenvalue weighted by Gasteiger charge is -2.23. The molecule has 0 saturated carbocycles. The quantitative estimate of drug-likeness (QED) is 0.762. The Morgan fingerprint density at radius 2 is 1.95 bits per heavy atom. The summed E-state index contributed by atoms with van der Waals surface area (Å²) in [6.07, 6.45) is 1.77. The van der Waals surface area contributed by atoms with Gasteiger partial charge in [0, 0.05) is 12.1 Å². The Bertz CT molecular complexity index is 412. The number of nitrogens with two attached hydrogens (primary N) is 1. The molecule has 1 unspecified atom stereocenters. The van der Waals surface area contributed by atoms with E-state index in [0.29, 0.717) is 12.4 Å². The van der Waals surface area contributed by atoms with E-state index < -0.39 is 6.10 Å². The van der Waals surface area contributed by atoms with Crippen molar-refractivity contribution in [2.75, 3.05) is 17.6 Å². The standard InChI is InChI=1S/C14H26N4O/c1-9(2)11-12(15)17-8-18-13(11)16-7-10(19)6-14(3,4)5/h8-10,19H,6-7H2,1-5H3,(H3,15,16,17,18). The maximum atomic E-state index is 10.0. The zero-order chi connectivity index (χ0) is 14.6. The normalized spacial score (nSPS) is 13.6. The molecule has 5 heteroatoms. The van der Waals surface area contributed by atoms with Crippen LogP contribution in [-0.4, -0.2) is 27.7 Å². The molecular formula is C14H26N4O. The summed E-state index contributed by atoms with van der Waals surface area (Å²) in [6.45, 7) is 10.9. The van der Waals surface area contributed by atoms with Crippen LogP contribution >= 0.6 is 0 Å². The highest BCUT2D eigenvalue weighted by atomic mass is 16.3. The topological polar surface area (TPSA) is 84.1 Å². The van der Waals surface area contributed by atoms with E-state index in [0.717, 1.165) is 17.8 Å². The van der Waals surface area contributed by atoms with Gasteiger partial charge in [-0.25, -0.2) is 9.97 Å². The fourth-order valence-corrected chi connectivity index (χ4v) is 2.11. The fourth-order valence-electron chi connectivity index (χ4n) is 2.11. The van der Waals surface area contributed by atoms with E-state index in [1.165, 1.54) is 6.33 Å². The lowest BCUT2D eigenvalue weighted by atomic mass is 9.89. The van der Waals surface area contributed by atoms with Gasteiger partial charge in [-0.1, -0.05) is 34.6 Å². The lowest BCUT2D eigenvalue weighted by Crippen LogP contribution is -2.26. The Morgan fingerprint density at radius 1 is 1.32 bits per heavy atom. The van der Waals surface area contributed by atoms with Crippen molar-refractivity contribution in [3.8, 4) is 0 Å². The first-order valence-electron chi connectivity index (χ1n) is 6.73. The molecule has 0 saturated heterocycles. The van der Waals surface area contributed by atoms with Crippen LogP contribution in [0, 0.1) is 5.41 Å². The van der Waals surface area contributed by atoms with Gasteiger partial charge in [-0.3, -0.25) is 0 Å². The number of hydrogen-bond acceptors (Lipinski definition) is 5. The highest BCUT2D eigenvalue weighted by Crippen LogP contribution is 2.26. The predicted octanol–water partition coefficient (Wildman–Crippen LogP) is 2.39. The molecule has 0 amide bonds. The van der Waals surface area contributed by atoms with Gasteiger partial charge in [-0.05, 0) is 17.8 Å². The zero-order valence-corrected chi connectivity index (χ0v) is 12.6. The fraction of sp³-hybridized carbons (Fsp3) is 0.714. The van der Waals surface area contributed by atoms with Gasteiger partial charge in [-0.15, -0.1) is 0 Å². The second-order valence-corrected chi connectivity index (χ2v) is 6.48. The number of hydrogen-bond donors (Lipinski definition) is 3. The molecule has 0 aliphatic rings. The number of aromatic nitrogens is 2. The number of nitrogens with one attached hydrogen (secondary N) is 1. The van der Waals surface area contributed by atoms with Crippen LogP contribution in [0.2, 0.25) is 0 Å². The van der Waals surface area contributed by atoms with E-state index >= 15 is 0 Å². The second kappa shape index (κ2) is 6.19. The average Bonchev–Trinajstić information content (AvgIpc) is 2.23. The molecule has 108 valence electrons. The number of nitrogen functional groups attached to an aromatic ring is 1. The van der Waals surface area contributed by atoms with Gasteiger partial charge in [0.25, 0.3) is 0 Å². The highest BCUT2D eigenvalue weighted by Gasteiger charge is 2.18. The molecule has 19 heavy (non-hydrogen) atoms. The first kappa shape index (κ1) is 15.7. The van der Waals surface area contributed by atoms with E-state index in [1.807, 2.05) is 13.8 Å². The van der Waals surface area contributed by atoms with Crippen LogP contribution in [0.15, 0.2) is 6.33 Å². The number of anilines is 2. The van der Waals surface area contributed by atoms with Crippen molar-refractivity contribution >= 4 is 11.6 Å². The van der Waals surface area contributed by atoms with Crippen LogP contribution in [0.1, 0.15) is 52.5 Å². The first-order chi connectivity index (χ1) is 8.70. The average molecular weight is 266 g/mol. The molecule has 0 radical (unpaired) electrons. The lowest BCUT2D eigenvalue weighted by molar-refractivity contribution is 0.132. The number of nitrogens with zero attached hydrogens (tertiary/aromatic N) is 2. The van der Waals surface area contributed by atoms with Crippen molar-refractivity contribution in [3.05, 3.63) is 11.9 Å². The smallest absolute Gasteiger partial charge is 0.135 e. The van der Waals surface area contributed by atoms with Crippen LogP contribution in [-0.2, 0) is 0 Å². The van der Waals surface area contributed by atoms with Crippen molar-refractivity contribution in [2.24, 2.45) is 5.41 Å². The highest BCUT2D eigenvalue weighted by molar-refractivity contribution is 5.56. The van der Waals surface area contributed by atoms with Gasteiger partial charge in [0.1, 0.15) is 18.0 Å². The monoisotopic (exact) mass is 266 g/mol. The summed E-state index contributed by atoms with van der Waals surface area (Å²) in [5.74, 6) is 1.46. The van der Waals surface area contributed by atoms with Gasteiger partial charge in [0.2, 0.25) is 0 Å². The summed E-state index contributed by atoms with van der Waals surface area (Å²) in [4.78, 5) is 8.23. The molecule has 0 aliphatic heterocycles. The molecule has 4 N–H and O–H groups in total. The van der Waals surface area contributed by atoms with Crippen LogP contribution in [0.4, 0.5) is 11.6 Å². The van der Waals surface area contributed by atoms with E-state index in [9.17, 15) is 5.11 Å². The van der Waals surface area contributed by atoms with Crippen LogP contribution in [0.25, 0.3) is 0 Å². The first-order valence-corrected chi connectivity index (χ1v) is 6.73. The van der Waals surface area contributed by atoms with E-state index in [-0.39, 0.29) is 11.3 Å². The zero-order valence-electron chi connectivity index (χ0n) is 12.6. The molecule has 0 fully saturated rings. The molecule has 1 heterocycles. The van der Waals surface area contributed by atoms with E-state index in [2.05, 4.69) is 36.1 Å². The molecule has 1 aromatic rings. The third kappa shape index (κ3) is 5.03. The molecule has 1 aromatic heterocycles. The van der Waals surface area contributed by atoms with E-state index in [1.54, 1.807) is 0 Å². The number of aliphatic hydroxyl groups excluding tert-OH is 1. The van der Waals surface area contributed by atoms with Crippen LogP contribution in [0.5, 0.6) is 0 Å². The Hall–Kier alpha value is -1.36. The summed E-state index contributed by atoms with van der Waals surface area (Å²) in [7, 11) is 0. The molecule has 1 atom stereocenters. The molecular weight excluding hydrogens is 240 g/mol. The number of aliphatic hydroxyl groups is 1. The van der Waals surface area contributed by atoms with E-state index in [4.69, 9.17) is 5.73 Å². The van der Waals surface area contributed by atoms with Gasteiger partial charge in [-0.2, -0.15) is 0 Å². The maximum absolute atomic E-state index is 10.0. The summed E-state index contributed by atoms with van der Waals surface area (Å²) >= 11 is 0. The van der Waals surface area contributed by atoms with Crippen molar-refractivity contribution in [3.63, 3.8) is 0 Å². The Balaban J connectivity index is 2.70. The Kier molecular flexibility index (Phi) is 5.11. The minimum Gasteiger partial charge on any atom is -0.391 e. The van der Waals surface area contributed by atoms with Crippen LogP contribution in [0.3, 0.4) is 0 Å². The Morgan fingerprint density at radius 3 is 2.47 bits per heavy atom. The molecule has 1 rings (SSSR count). The summed E-state index contributed by atoms with van der Waals surface area (Å²) in [6, 6.07) is 0. The SMILES string of the molecule is CC(C)c1c(N)ncnc1NCC(O)CC(C)(C)C. The molecule has 0 aliphatic carbocycles. The molecule has 0 spiro atoms. The molecule has 5 nitrogen and oxygen atoms in total. The van der Waals surface area contributed by atoms with Crippen LogP contribution < -0.4 is 11.1 Å². The minimum atomic E-state index is -0.406. The maximum Gasteiger partial charge on any atom is 0.135 e. The second-order valence-electron chi connectivity index (χ2n) is 6.48. The predicted molar refractivity (Wildman–Crippen MR) is 79.1 cm³/mol. The van der Waals surface area contributed by atoms with Gasteiger partial charge >= 0.3 is 0 Å². The van der Waals surface area contributed by atoms with Gasteiger partial charge < -0.3 is 16.2 Å². The largest absolute Gasteiger partial charge is 0.391 e. The third-order valence-corrected chi connectivity index (χ3v) is 2.85. The van der Waals surface area contributed by atoms with Gasteiger partial charge in [0.15, 0.2) is 0 Å². The van der Waals surface area contributed by atoms with Crippen molar-refractivity contribution < 1.29 is 5.11 Å². The molecule has 0 bridgehead atoms. The summed E-state index contributed by atoms with van der Waals surface area (Å²) < 4.78 is 0. The third-order valence-electron chi connectivity index (χ3n) is 2.85. The minimum absolute atomic E-state index is 0.104. The summed E-state index contributed by atoms with van der Waals surface area (Å²) in [5, 5.41) is 13.2. The number of rotatable bonds is 5. The summed E-state index contributed by atoms with van der Waals surface area (Å²) in [5.41, 5.74) is 6.89.